The monoisotopic (exact) mass is 686 g/mol. The van der Waals surface area contributed by atoms with Gasteiger partial charge in [-0.1, -0.05) is 149 Å². The van der Waals surface area contributed by atoms with Gasteiger partial charge in [0.2, 0.25) is 0 Å². The molecule has 7 heteroatoms. The molecule has 0 amide bonds. The lowest BCUT2D eigenvalue weighted by molar-refractivity contribution is -0.148. The minimum atomic E-state index is -0.521. The summed E-state index contributed by atoms with van der Waals surface area (Å²) in [6, 6.07) is 0. The van der Waals surface area contributed by atoms with Crippen LogP contribution in [0.2, 0.25) is 0 Å². The van der Waals surface area contributed by atoms with E-state index >= 15 is 0 Å². The lowest BCUT2D eigenvalue weighted by Gasteiger charge is -2.21. The van der Waals surface area contributed by atoms with Gasteiger partial charge in [0.1, 0.15) is 0 Å². The van der Waals surface area contributed by atoms with Crippen LogP contribution in [0, 0.1) is 0 Å². The Labute approximate surface area is 299 Å². The van der Waals surface area contributed by atoms with Gasteiger partial charge in [-0.25, -0.2) is 4.79 Å². The van der Waals surface area contributed by atoms with Gasteiger partial charge >= 0.3 is 6.16 Å². The molecular formula is C41H83NO6. The Kier molecular flexibility index (Phi) is 39.8. The molecule has 0 saturated heterocycles. The van der Waals surface area contributed by atoms with Crippen molar-refractivity contribution in [2.24, 2.45) is 0 Å². The summed E-state index contributed by atoms with van der Waals surface area (Å²) >= 11 is 0. The predicted molar refractivity (Wildman–Crippen MR) is 203 cm³/mol. The maximum Gasteiger partial charge on any atom is 0.508 e. The molecule has 0 heterocycles. The Morgan fingerprint density at radius 3 is 1.23 bits per heavy atom. The smallest absolute Gasteiger partial charge is 0.434 e. The Hall–Kier alpha value is -0.890. The number of hydrogen-bond acceptors (Lipinski definition) is 7. The van der Waals surface area contributed by atoms with Gasteiger partial charge < -0.3 is 29.0 Å². The molecule has 0 fully saturated rings. The van der Waals surface area contributed by atoms with Crippen molar-refractivity contribution in [2.45, 2.75) is 207 Å². The highest BCUT2D eigenvalue weighted by atomic mass is 16.7. The average molecular weight is 686 g/mol. The number of hydrogen-bond donors (Lipinski definition) is 1. The lowest BCUT2D eigenvalue weighted by atomic mass is 10.1. The van der Waals surface area contributed by atoms with E-state index < -0.39 is 6.16 Å². The van der Waals surface area contributed by atoms with Gasteiger partial charge in [0.05, 0.1) is 19.8 Å². The van der Waals surface area contributed by atoms with Gasteiger partial charge in [-0.05, 0) is 64.5 Å². The summed E-state index contributed by atoms with van der Waals surface area (Å²) in [6.45, 7) is 12.3. The fourth-order valence-electron chi connectivity index (χ4n) is 6.09. The van der Waals surface area contributed by atoms with E-state index in [4.69, 9.17) is 18.9 Å². The molecule has 48 heavy (non-hydrogen) atoms. The van der Waals surface area contributed by atoms with Crippen molar-refractivity contribution in [3.8, 4) is 0 Å². The third kappa shape index (κ3) is 36.4. The van der Waals surface area contributed by atoms with Crippen molar-refractivity contribution in [1.29, 1.82) is 0 Å². The standard InChI is InChI=1S/C41H83NO6/c1-4-7-10-13-16-22-29-38-47-41(44)48-39-30-23-19-26-33-42(34-35-43)32-25-18-17-24-31-40(45-36-27-20-14-11-8-5-2)46-37-28-21-15-12-9-6-3/h40,43H,4-39H2,1-3H3. The zero-order valence-corrected chi connectivity index (χ0v) is 32.5. The minimum absolute atomic E-state index is 0.0480. The largest absolute Gasteiger partial charge is 0.508 e. The average Bonchev–Trinajstić information content (AvgIpc) is 3.09. The first-order valence-corrected chi connectivity index (χ1v) is 21.0. The first-order chi connectivity index (χ1) is 23.7. The lowest BCUT2D eigenvalue weighted by Crippen LogP contribution is -2.29. The Bertz CT molecular complexity index is 604. The molecule has 288 valence electrons. The van der Waals surface area contributed by atoms with Crippen LogP contribution in [0.1, 0.15) is 201 Å². The SMILES string of the molecule is CCCCCCCCCOC(=O)OCCCCCCN(CCO)CCCCCCC(OCCCCCCCC)OCCCCCCCC. The van der Waals surface area contributed by atoms with Crippen LogP contribution in [0.15, 0.2) is 0 Å². The van der Waals surface area contributed by atoms with Gasteiger partial charge in [0, 0.05) is 19.8 Å². The van der Waals surface area contributed by atoms with Crippen LogP contribution in [-0.4, -0.2) is 75.1 Å². The van der Waals surface area contributed by atoms with E-state index in [-0.39, 0.29) is 12.9 Å². The van der Waals surface area contributed by atoms with Crippen molar-refractivity contribution in [2.75, 3.05) is 52.7 Å². The van der Waals surface area contributed by atoms with E-state index in [0.717, 1.165) is 103 Å². The third-order valence-corrected chi connectivity index (χ3v) is 9.24. The van der Waals surface area contributed by atoms with E-state index in [2.05, 4.69) is 25.7 Å². The maximum atomic E-state index is 11.8. The molecule has 0 spiro atoms. The molecule has 1 N–H and O–H groups in total. The summed E-state index contributed by atoms with van der Waals surface area (Å²) in [5.74, 6) is 0. The van der Waals surface area contributed by atoms with Crippen molar-refractivity contribution in [3.05, 3.63) is 0 Å². The third-order valence-electron chi connectivity index (χ3n) is 9.24. The normalized spacial score (nSPS) is 11.6. The van der Waals surface area contributed by atoms with E-state index in [9.17, 15) is 9.90 Å². The minimum Gasteiger partial charge on any atom is -0.434 e. The molecule has 0 aliphatic rings. The van der Waals surface area contributed by atoms with Crippen molar-refractivity contribution >= 4 is 6.16 Å². The van der Waals surface area contributed by atoms with E-state index in [0.29, 0.717) is 13.2 Å². The molecule has 0 atom stereocenters. The fraction of sp³-hybridized carbons (Fsp3) is 0.976. The molecule has 0 unspecified atom stereocenters. The molecule has 0 rings (SSSR count). The van der Waals surface area contributed by atoms with Gasteiger partial charge in [0.25, 0.3) is 0 Å². The molecule has 0 aliphatic heterocycles. The quantitative estimate of drug-likeness (QED) is 0.0391. The zero-order chi connectivity index (χ0) is 35.0. The number of aliphatic hydroxyl groups excluding tert-OH is 1. The highest BCUT2D eigenvalue weighted by molar-refractivity contribution is 5.59. The van der Waals surface area contributed by atoms with Crippen LogP contribution >= 0.6 is 0 Å². The van der Waals surface area contributed by atoms with Crippen LogP contribution in [0.25, 0.3) is 0 Å². The van der Waals surface area contributed by atoms with Gasteiger partial charge in [0.15, 0.2) is 6.29 Å². The number of carbonyl (C=O) groups excluding carboxylic acids is 1. The van der Waals surface area contributed by atoms with E-state index in [1.54, 1.807) is 0 Å². The predicted octanol–water partition coefficient (Wildman–Crippen LogP) is 11.8. The molecule has 0 aromatic rings. The number of unbranched alkanes of at least 4 members (excludes halogenated alkanes) is 22. The second-order valence-corrected chi connectivity index (χ2v) is 14.0. The number of rotatable bonds is 40. The van der Waals surface area contributed by atoms with Gasteiger partial charge in [-0.15, -0.1) is 0 Å². The van der Waals surface area contributed by atoms with Crippen molar-refractivity contribution in [3.63, 3.8) is 0 Å². The van der Waals surface area contributed by atoms with Crippen LogP contribution in [0.4, 0.5) is 4.79 Å². The van der Waals surface area contributed by atoms with Crippen LogP contribution in [0.5, 0.6) is 0 Å². The molecule has 0 bridgehead atoms. The van der Waals surface area contributed by atoms with Crippen LogP contribution < -0.4 is 0 Å². The van der Waals surface area contributed by atoms with E-state index in [1.165, 1.54) is 109 Å². The summed E-state index contributed by atoms with van der Waals surface area (Å²) in [4.78, 5) is 14.2. The number of carbonyl (C=O) groups is 1. The summed E-state index contributed by atoms with van der Waals surface area (Å²) in [5.41, 5.74) is 0. The molecular weight excluding hydrogens is 602 g/mol. The molecule has 0 saturated carbocycles. The Balaban J connectivity index is 3.97. The zero-order valence-electron chi connectivity index (χ0n) is 32.5. The Morgan fingerprint density at radius 2 is 0.812 bits per heavy atom. The number of aliphatic hydroxyl groups is 1. The summed E-state index contributed by atoms with van der Waals surface area (Å²) in [5, 5.41) is 9.55. The summed E-state index contributed by atoms with van der Waals surface area (Å²) < 4.78 is 22.8. The number of ether oxygens (including phenoxy) is 4. The summed E-state index contributed by atoms with van der Waals surface area (Å²) in [6.07, 6.45) is 33.1. The topological polar surface area (TPSA) is 77.5 Å². The van der Waals surface area contributed by atoms with Crippen LogP contribution in [0.3, 0.4) is 0 Å². The first kappa shape index (κ1) is 47.1. The Morgan fingerprint density at radius 1 is 0.458 bits per heavy atom. The van der Waals surface area contributed by atoms with E-state index in [1.807, 2.05) is 0 Å². The highest BCUT2D eigenvalue weighted by Crippen LogP contribution is 2.14. The summed E-state index contributed by atoms with van der Waals surface area (Å²) in [7, 11) is 0. The fourth-order valence-corrected chi connectivity index (χ4v) is 6.09. The molecule has 0 aliphatic carbocycles. The number of nitrogens with zero attached hydrogens (tertiary/aromatic N) is 1. The molecule has 0 aromatic carbocycles. The highest BCUT2D eigenvalue weighted by Gasteiger charge is 2.10. The molecule has 0 aromatic heterocycles. The van der Waals surface area contributed by atoms with Crippen LogP contribution in [-0.2, 0) is 18.9 Å². The second kappa shape index (κ2) is 40.5. The van der Waals surface area contributed by atoms with Gasteiger partial charge in [-0.2, -0.15) is 0 Å². The first-order valence-electron chi connectivity index (χ1n) is 21.0. The van der Waals surface area contributed by atoms with Crippen molar-refractivity contribution < 1.29 is 28.8 Å². The molecule has 7 nitrogen and oxygen atoms in total. The van der Waals surface area contributed by atoms with Crippen molar-refractivity contribution in [1.82, 2.24) is 4.90 Å². The van der Waals surface area contributed by atoms with Gasteiger partial charge in [-0.3, -0.25) is 0 Å². The maximum absolute atomic E-state index is 11.8. The molecule has 0 radical (unpaired) electrons. The second-order valence-electron chi connectivity index (χ2n) is 14.0.